The molecule has 9 nitrogen and oxygen atoms in total. The Bertz CT molecular complexity index is 1050. The summed E-state index contributed by atoms with van der Waals surface area (Å²) in [5, 5.41) is 9.13. The lowest BCUT2D eigenvalue weighted by Gasteiger charge is -2.23. The van der Waals surface area contributed by atoms with Crippen molar-refractivity contribution in [2.24, 2.45) is 7.05 Å². The highest BCUT2D eigenvalue weighted by Gasteiger charge is 2.22. The first kappa shape index (κ1) is 17.0. The number of aromatic nitrogens is 5. The van der Waals surface area contributed by atoms with E-state index in [1.165, 1.54) is 6.20 Å². The number of sulfonamides is 1. The second-order valence-electron chi connectivity index (χ2n) is 6.39. The summed E-state index contributed by atoms with van der Waals surface area (Å²) < 4.78 is 37.0. The van der Waals surface area contributed by atoms with E-state index < -0.39 is 10.0 Å². The lowest BCUT2D eigenvalue weighted by molar-refractivity contribution is 0.0657. The zero-order chi connectivity index (χ0) is 18.3. The van der Waals surface area contributed by atoms with Crippen molar-refractivity contribution in [2.75, 3.05) is 17.9 Å². The molecular formula is C16H20N6O3S. The average Bonchev–Trinajstić information content (AvgIpc) is 3.19. The molecule has 1 N–H and O–H groups in total. The molecule has 10 heteroatoms. The number of nitrogens with one attached hydrogen (secondary N) is 1. The second-order valence-corrected chi connectivity index (χ2v) is 8.07. The van der Waals surface area contributed by atoms with Crippen LogP contribution in [0.15, 0.2) is 29.6 Å². The van der Waals surface area contributed by atoms with Gasteiger partial charge in [-0.3, -0.25) is 14.1 Å². The van der Waals surface area contributed by atoms with Crippen molar-refractivity contribution in [1.82, 2.24) is 24.5 Å². The van der Waals surface area contributed by atoms with E-state index in [0.29, 0.717) is 29.9 Å². The summed E-state index contributed by atoms with van der Waals surface area (Å²) in [5.74, 6) is 0. The summed E-state index contributed by atoms with van der Waals surface area (Å²) >= 11 is 0. The van der Waals surface area contributed by atoms with E-state index in [0.717, 1.165) is 18.5 Å². The van der Waals surface area contributed by atoms with Crippen molar-refractivity contribution >= 4 is 26.7 Å². The Balaban J connectivity index is 1.61. The average molecular weight is 376 g/mol. The molecule has 3 aromatic rings. The number of ether oxygens (including phenoxy) is 1. The first-order valence-electron chi connectivity index (χ1n) is 8.38. The van der Waals surface area contributed by atoms with E-state index in [2.05, 4.69) is 19.9 Å². The molecule has 26 heavy (non-hydrogen) atoms. The first-order chi connectivity index (χ1) is 12.5. The zero-order valence-electron chi connectivity index (χ0n) is 14.6. The molecule has 0 saturated carbocycles. The number of fused-ring (bicyclic) bond motifs is 1. The van der Waals surface area contributed by atoms with Gasteiger partial charge in [-0.25, -0.2) is 13.4 Å². The van der Waals surface area contributed by atoms with Crippen LogP contribution in [0.1, 0.15) is 24.6 Å². The van der Waals surface area contributed by atoms with Gasteiger partial charge in [0.2, 0.25) is 0 Å². The molecule has 138 valence electrons. The Morgan fingerprint density at radius 2 is 1.96 bits per heavy atom. The molecule has 0 bridgehead atoms. The molecule has 0 radical (unpaired) electrons. The molecule has 0 spiro atoms. The molecule has 3 aromatic heterocycles. The smallest absolute Gasteiger partial charge is 0.263 e. The Morgan fingerprint density at radius 1 is 1.19 bits per heavy atom. The number of nitrogens with zero attached hydrogens (tertiary/aromatic N) is 5. The van der Waals surface area contributed by atoms with Crippen molar-refractivity contribution < 1.29 is 13.2 Å². The number of hydrogen-bond donors (Lipinski definition) is 1. The lowest BCUT2D eigenvalue weighted by atomic mass is 10.1. The maximum atomic E-state index is 12.8. The number of rotatable bonds is 4. The third-order valence-corrected chi connectivity index (χ3v) is 6.02. The van der Waals surface area contributed by atoms with Crippen LogP contribution in [0, 0.1) is 6.92 Å². The summed E-state index contributed by atoms with van der Waals surface area (Å²) in [5.41, 5.74) is 1.89. The summed E-state index contributed by atoms with van der Waals surface area (Å²) in [6, 6.07) is 1.80. The van der Waals surface area contributed by atoms with Gasteiger partial charge in [0.25, 0.3) is 10.0 Å². The summed E-state index contributed by atoms with van der Waals surface area (Å²) in [7, 11) is -2.00. The van der Waals surface area contributed by atoms with Gasteiger partial charge in [0.05, 0.1) is 29.8 Å². The number of aryl methyl sites for hydroxylation is 1. The van der Waals surface area contributed by atoms with Gasteiger partial charge in [-0.05, 0) is 25.8 Å². The van der Waals surface area contributed by atoms with Crippen LogP contribution in [0.4, 0.5) is 5.69 Å². The van der Waals surface area contributed by atoms with Crippen LogP contribution in [-0.4, -0.2) is 46.2 Å². The van der Waals surface area contributed by atoms with Crippen LogP contribution >= 0.6 is 0 Å². The van der Waals surface area contributed by atoms with E-state index in [1.54, 1.807) is 30.2 Å². The standard InChI is InChI=1S/C16H20N6O3S/c1-11-15(10-19-22(11)13-3-5-25-6-4-13)20-26(23,24)14-7-12-8-18-21(2)16(12)17-9-14/h7-10,13,20H,3-6H2,1-2H3. The Hall–Kier alpha value is -2.46. The van der Waals surface area contributed by atoms with E-state index in [1.807, 2.05) is 11.6 Å². The fourth-order valence-corrected chi connectivity index (χ4v) is 4.28. The van der Waals surface area contributed by atoms with Crippen LogP contribution < -0.4 is 4.72 Å². The molecular weight excluding hydrogens is 356 g/mol. The van der Waals surface area contributed by atoms with Crippen molar-refractivity contribution in [3.63, 3.8) is 0 Å². The van der Waals surface area contributed by atoms with Crippen LogP contribution in [-0.2, 0) is 21.8 Å². The van der Waals surface area contributed by atoms with Crippen molar-refractivity contribution in [3.05, 3.63) is 30.4 Å². The van der Waals surface area contributed by atoms with Gasteiger partial charge in [0, 0.05) is 31.8 Å². The van der Waals surface area contributed by atoms with Crippen LogP contribution in [0.25, 0.3) is 11.0 Å². The normalized spacial score (nSPS) is 16.2. The summed E-state index contributed by atoms with van der Waals surface area (Å²) in [4.78, 5) is 4.29. The van der Waals surface area contributed by atoms with Gasteiger partial charge in [-0.2, -0.15) is 10.2 Å². The van der Waals surface area contributed by atoms with Crippen LogP contribution in [0.5, 0.6) is 0 Å². The minimum atomic E-state index is -3.76. The predicted octanol–water partition coefficient (Wildman–Crippen LogP) is 1.63. The maximum Gasteiger partial charge on any atom is 0.263 e. The minimum absolute atomic E-state index is 0.0937. The number of hydrogen-bond acceptors (Lipinski definition) is 6. The van der Waals surface area contributed by atoms with Gasteiger partial charge in [-0.15, -0.1) is 0 Å². The molecule has 4 heterocycles. The third kappa shape index (κ3) is 2.95. The number of anilines is 1. The molecule has 1 aliphatic rings. The summed E-state index contributed by atoms with van der Waals surface area (Å²) in [6.45, 7) is 3.26. The van der Waals surface area contributed by atoms with Gasteiger partial charge in [0.15, 0.2) is 5.65 Å². The summed E-state index contributed by atoms with van der Waals surface area (Å²) in [6.07, 6.45) is 6.23. The lowest BCUT2D eigenvalue weighted by Crippen LogP contribution is -2.21. The Kier molecular flexibility index (Phi) is 4.16. The maximum absolute atomic E-state index is 12.8. The molecule has 0 atom stereocenters. The molecule has 0 unspecified atom stereocenters. The molecule has 0 aromatic carbocycles. The van der Waals surface area contributed by atoms with Gasteiger partial charge >= 0.3 is 0 Å². The molecule has 0 amide bonds. The Labute approximate surface area is 151 Å². The van der Waals surface area contributed by atoms with Crippen molar-refractivity contribution in [3.8, 4) is 0 Å². The topological polar surface area (TPSA) is 104 Å². The Morgan fingerprint density at radius 3 is 2.73 bits per heavy atom. The molecule has 1 fully saturated rings. The van der Waals surface area contributed by atoms with E-state index >= 15 is 0 Å². The molecule has 1 aliphatic heterocycles. The predicted molar refractivity (Wildman–Crippen MR) is 95.4 cm³/mol. The highest BCUT2D eigenvalue weighted by Crippen LogP contribution is 2.27. The fraction of sp³-hybridized carbons (Fsp3) is 0.438. The highest BCUT2D eigenvalue weighted by molar-refractivity contribution is 7.92. The SMILES string of the molecule is Cc1c(NS(=O)(=O)c2cnc3c(cnn3C)c2)cnn1C1CCOCC1. The first-order valence-corrected chi connectivity index (χ1v) is 9.86. The zero-order valence-corrected chi connectivity index (χ0v) is 15.4. The van der Waals surface area contributed by atoms with E-state index in [4.69, 9.17) is 4.74 Å². The molecule has 1 saturated heterocycles. The number of pyridine rings is 1. The van der Waals surface area contributed by atoms with Gasteiger partial charge in [-0.1, -0.05) is 0 Å². The van der Waals surface area contributed by atoms with Crippen molar-refractivity contribution in [1.29, 1.82) is 0 Å². The van der Waals surface area contributed by atoms with Gasteiger partial charge in [0.1, 0.15) is 4.90 Å². The fourth-order valence-electron chi connectivity index (χ4n) is 3.20. The molecule has 4 rings (SSSR count). The van der Waals surface area contributed by atoms with Crippen molar-refractivity contribution in [2.45, 2.75) is 30.7 Å². The largest absolute Gasteiger partial charge is 0.381 e. The molecule has 0 aliphatic carbocycles. The third-order valence-electron chi connectivity index (χ3n) is 4.68. The quantitative estimate of drug-likeness (QED) is 0.742. The minimum Gasteiger partial charge on any atom is -0.381 e. The van der Waals surface area contributed by atoms with E-state index in [9.17, 15) is 8.42 Å². The van der Waals surface area contributed by atoms with Gasteiger partial charge < -0.3 is 4.74 Å². The van der Waals surface area contributed by atoms with E-state index in [-0.39, 0.29) is 10.9 Å². The second kappa shape index (κ2) is 6.36. The van der Waals surface area contributed by atoms with Crippen LogP contribution in [0.2, 0.25) is 0 Å². The van der Waals surface area contributed by atoms with Crippen LogP contribution in [0.3, 0.4) is 0 Å². The monoisotopic (exact) mass is 376 g/mol. The highest BCUT2D eigenvalue weighted by atomic mass is 32.2.